The van der Waals surface area contributed by atoms with Crippen LogP contribution in [0.4, 0.5) is 4.39 Å². The van der Waals surface area contributed by atoms with Crippen molar-refractivity contribution in [2.24, 2.45) is 0 Å². The quantitative estimate of drug-likeness (QED) is 0.913. The van der Waals surface area contributed by atoms with E-state index in [0.717, 1.165) is 31.2 Å². The average molecular weight is 272 g/mol. The molecule has 1 fully saturated rings. The van der Waals surface area contributed by atoms with E-state index in [0.29, 0.717) is 11.6 Å². The Labute approximate surface area is 112 Å². The molecule has 0 radical (unpaired) electrons. The summed E-state index contributed by atoms with van der Waals surface area (Å²) in [6.45, 7) is 0.568. The summed E-state index contributed by atoms with van der Waals surface area (Å²) in [6.07, 6.45) is 3.79. The van der Waals surface area contributed by atoms with Crippen molar-refractivity contribution in [3.05, 3.63) is 34.6 Å². The van der Waals surface area contributed by atoms with Crippen LogP contribution in [0.3, 0.4) is 0 Å². The number of halogens is 2. The van der Waals surface area contributed by atoms with Crippen molar-refractivity contribution in [2.45, 2.75) is 44.4 Å². The van der Waals surface area contributed by atoms with E-state index in [1.807, 2.05) is 7.05 Å². The van der Waals surface area contributed by atoms with Gasteiger partial charge in [0.05, 0.1) is 6.10 Å². The van der Waals surface area contributed by atoms with Gasteiger partial charge in [-0.2, -0.15) is 0 Å². The molecule has 1 aliphatic carbocycles. The maximum atomic E-state index is 13.2. The molecular formula is C14H19ClFNO. The van der Waals surface area contributed by atoms with Crippen molar-refractivity contribution >= 4 is 11.6 Å². The first-order chi connectivity index (χ1) is 8.58. The van der Waals surface area contributed by atoms with Crippen molar-refractivity contribution < 1.29 is 9.50 Å². The van der Waals surface area contributed by atoms with Gasteiger partial charge in [0, 0.05) is 17.6 Å². The Morgan fingerprint density at radius 2 is 2.11 bits per heavy atom. The molecule has 1 aromatic rings. The number of likely N-dealkylation sites (N-methyl/N-ethyl adjacent to an activating group) is 1. The van der Waals surface area contributed by atoms with E-state index < -0.39 is 0 Å². The molecule has 0 heterocycles. The van der Waals surface area contributed by atoms with Gasteiger partial charge in [0.15, 0.2) is 0 Å². The summed E-state index contributed by atoms with van der Waals surface area (Å²) >= 11 is 6.06. The summed E-state index contributed by atoms with van der Waals surface area (Å²) in [5, 5.41) is 10.6. The lowest BCUT2D eigenvalue weighted by Gasteiger charge is -2.35. The van der Waals surface area contributed by atoms with Crippen LogP contribution in [0, 0.1) is 5.82 Å². The molecule has 1 N–H and O–H groups in total. The van der Waals surface area contributed by atoms with Gasteiger partial charge in [0.2, 0.25) is 0 Å². The van der Waals surface area contributed by atoms with Crippen LogP contribution in [-0.2, 0) is 6.54 Å². The molecule has 0 bridgehead atoms. The zero-order chi connectivity index (χ0) is 13.1. The summed E-state index contributed by atoms with van der Waals surface area (Å²) < 4.78 is 13.2. The number of aliphatic hydroxyl groups is 1. The van der Waals surface area contributed by atoms with Crippen LogP contribution in [0.5, 0.6) is 0 Å². The zero-order valence-corrected chi connectivity index (χ0v) is 11.3. The molecule has 2 rings (SSSR count). The van der Waals surface area contributed by atoms with Crippen LogP contribution in [0.15, 0.2) is 18.2 Å². The number of aliphatic hydroxyl groups excluding tert-OH is 1. The number of nitrogens with zero attached hydrogens (tertiary/aromatic N) is 1. The molecule has 0 saturated heterocycles. The van der Waals surface area contributed by atoms with Crippen LogP contribution >= 0.6 is 11.6 Å². The van der Waals surface area contributed by atoms with Crippen molar-refractivity contribution in [3.8, 4) is 0 Å². The maximum absolute atomic E-state index is 13.2. The fourth-order valence-corrected chi connectivity index (χ4v) is 2.83. The Morgan fingerprint density at radius 1 is 1.39 bits per heavy atom. The first-order valence-corrected chi connectivity index (χ1v) is 6.78. The van der Waals surface area contributed by atoms with E-state index in [1.165, 1.54) is 12.1 Å². The summed E-state index contributed by atoms with van der Waals surface area (Å²) in [4.78, 5) is 2.07. The zero-order valence-electron chi connectivity index (χ0n) is 10.6. The highest BCUT2D eigenvalue weighted by Gasteiger charge is 2.26. The third kappa shape index (κ3) is 3.22. The van der Waals surface area contributed by atoms with Gasteiger partial charge >= 0.3 is 0 Å². The summed E-state index contributed by atoms with van der Waals surface area (Å²) in [5.41, 5.74) is 0.775. The Kier molecular flexibility index (Phi) is 4.60. The van der Waals surface area contributed by atoms with Crippen LogP contribution < -0.4 is 0 Å². The molecule has 4 heteroatoms. The fourth-order valence-electron chi connectivity index (χ4n) is 2.66. The standard InChI is InChI=1S/C14H19ClFNO/c1-17(13-4-2-3-5-14(13)18)9-10-8-11(16)6-7-12(10)15/h6-8,13-14,18H,2-5,9H2,1H3. The Hall–Kier alpha value is -0.640. The van der Waals surface area contributed by atoms with Crippen molar-refractivity contribution in [2.75, 3.05) is 7.05 Å². The van der Waals surface area contributed by atoms with E-state index in [-0.39, 0.29) is 18.0 Å². The Morgan fingerprint density at radius 3 is 2.83 bits per heavy atom. The third-order valence-electron chi connectivity index (χ3n) is 3.69. The minimum absolute atomic E-state index is 0.151. The Bertz CT molecular complexity index is 413. The minimum Gasteiger partial charge on any atom is -0.391 e. The molecule has 2 nitrogen and oxygen atoms in total. The van der Waals surface area contributed by atoms with Gasteiger partial charge in [0.1, 0.15) is 5.82 Å². The van der Waals surface area contributed by atoms with Crippen molar-refractivity contribution in [1.29, 1.82) is 0 Å². The van der Waals surface area contributed by atoms with Gasteiger partial charge in [0.25, 0.3) is 0 Å². The molecule has 100 valence electrons. The monoisotopic (exact) mass is 271 g/mol. The predicted octanol–water partition coefficient (Wildman–Crippen LogP) is 3.21. The normalized spacial score (nSPS) is 24.5. The minimum atomic E-state index is -0.281. The van der Waals surface area contributed by atoms with E-state index in [4.69, 9.17) is 11.6 Å². The highest BCUT2D eigenvalue weighted by Crippen LogP contribution is 2.25. The first-order valence-electron chi connectivity index (χ1n) is 6.40. The fraction of sp³-hybridized carbons (Fsp3) is 0.571. The average Bonchev–Trinajstić information content (AvgIpc) is 2.34. The van der Waals surface area contributed by atoms with Crippen LogP contribution in [-0.4, -0.2) is 29.2 Å². The second kappa shape index (κ2) is 6.00. The smallest absolute Gasteiger partial charge is 0.123 e. The topological polar surface area (TPSA) is 23.5 Å². The molecule has 0 spiro atoms. The molecule has 1 aliphatic rings. The van der Waals surface area contributed by atoms with Crippen LogP contribution in [0.1, 0.15) is 31.2 Å². The second-order valence-electron chi connectivity index (χ2n) is 5.07. The second-order valence-corrected chi connectivity index (χ2v) is 5.48. The summed E-state index contributed by atoms with van der Waals surface area (Å²) in [5.74, 6) is -0.271. The van der Waals surface area contributed by atoms with Gasteiger partial charge in [-0.3, -0.25) is 4.90 Å². The number of rotatable bonds is 3. The van der Waals surface area contributed by atoms with Gasteiger partial charge < -0.3 is 5.11 Å². The lowest BCUT2D eigenvalue weighted by atomic mass is 9.91. The molecule has 2 atom stereocenters. The van der Waals surface area contributed by atoms with E-state index in [1.54, 1.807) is 6.07 Å². The third-order valence-corrected chi connectivity index (χ3v) is 4.06. The molecule has 0 aliphatic heterocycles. The Balaban J connectivity index is 2.05. The highest BCUT2D eigenvalue weighted by atomic mass is 35.5. The molecule has 1 aromatic carbocycles. The molecule has 0 amide bonds. The van der Waals surface area contributed by atoms with Crippen LogP contribution in [0.25, 0.3) is 0 Å². The predicted molar refractivity (Wildman–Crippen MR) is 71.1 cm³/mol. The first kappa shape index (κ1) is 13.8. The van der Waals surface area contributed by atoms with Gasteiger partial charge in [-0.1, -0.05) is 24.4 Å². The molecule has 1 saturated carbocycles. The molecule has 2 unspecified atom stereocenters. The van der Waals surface area contributed by atoms with Gasteiger partial charge in [-0.25, -0.2) is 4.39 Å². The van der Waals surface area contributed by atoms with Crippen molar-refractivity contribution in [3.63, 3.8) is 0 Å². The highest BCUT2D eigenvalue weighted by molar-refractivity contribution is 6.31. The van der Waals surface area contributed by atoms with Crippen LogP contribution in [0.2, 0.25) is 5.02 Å². The van der Waals surface area contributed by atoms with E-state index in [2.05, 4.69) is 4.90 Å². The van der Waals surface area contributed by atoms with Gasteiger partial charge in [-0.05, 0) is 43.7 Å². The molecule has 0 aromatic heterocycles. The van der Waals surface area contributed by atoms with E-state index >= 15 is 0 Å². The van der Waals surface area contributed by atoms with Gasteiger partial charge in [-0.15, -0.1) is 0 Å². The molecule has 18 heavy (non-hydrogen) atoms. The number of benzene rings is 1. The number of hydrogen-bond acceptors (Lipinski definition) is 2. The van der Waals surface area contributed by atoms with Crippen molar-refractivity contribution in [1.82, 2.24) is 4.90 Å². The summed E-state index contributed by atoms with van der Waals surface area (Å²) in [6, 6.07) is 4.56. The largest absolute Gasteiger partial charge is 0.391 e. The maximum Gasteiger partial charge on any atom is 0.123 e. The SMILES string of the molecule is CN(Cc1cc(F)ccc1Cl)C1CCCCC1O. The lowest BCUT2D eigenvalue weighted by Crippen LogP contribution is -2.42. The van der Waals surface area contributed by atoms with E-state index in [9.17, 15) is 9.50 Å². The number of hydrogen-bond donors (Lipinski definition) is 1. The summed E-state index contributed by atoms with van der Waals surface area (Å²) in [7, 11) is 1.96. The lowest BCUT2D eigenvalue weighted by molar-refractivity contribution is 0.0288. The molecular weight excluding hydrogens is 253 g/mol.